The lowest BCUT2D eigenvalue weighted by Gasteiger charge is -2.25. The van der Waals surface area contributed by atoms with Crippen molar-refractivity contribution in [3.8, 4) is 0 Å². The Morgan fingerprint density at radius 3 is 2.37 bits per heavy atom. The van der Waals surface area contributed by atoms with Crippen LogP contribution in [0.5, 0.6) is 0 Å². The molecule has 0 spiro atoms. The molecule has 0 aromatic carbocycles. The van der Waals surface area contributed by atoms with Crippen LogP contribution >= 0.6 is 0 Å². The van der Waals surface area contributed by atoms with Crippen molar-refractivity contribution in [2.45, 2.75) is 63.5 Å². The second-order valence-corrected chi connectivity index (χ2v) is 7.17. The molecule has 5 nitrogen and oxygen atoms in total. The van der Waals surface area contributed by atoms with Crippen LogP contribution in [-0.4, -0.2) is 19.1 Å². The number of rotatable bonds is 4. The minimum Gasteiger partial charge on any atom is -0.465 e. The molecule has 1 aromatic heterocycles. The zero-order valence-electron chi connectivity index (χ0n) is 11.6. The molecule has 0 saturated heterocycles. The average molecular weight is 287 g/mol. The SMILES string of the molecule is Cc1oc(C)c(S(=O)(=O)NC2(C)CCCC2)c1CO. The summed E-state index contributed by atoms with van der Waals surface area (Å²) < 4.78 is 33.2. The van der Waals surface area contributed by atoms with Gasteiger partial charge >= 0.3 is 0 Å². The van der Waals surface area contributed by atoms with E-state index in [0.29, 0.717) is 17.1 Å². The Morgan fingerprint density at radius 1 is 1.26 bits per heavy atom. The molecule has 0 unspecified atom stereocenters. The van der Waals surface area contributed by atoms with Gasteiger partial charge in [0.2, 0.25) is 10.0 Å². The number of aryl methyl sites for hydroxylation is 2. The highest BCUT2D eigenvalue weighted by atomic mass is 32.2. The second kappa shape index (κ2) is 4.92. The van der Waals surface area contributed by atoms with E-state index in [2.05, 4.69) is 4.72 Å². The van der Waals surface area contributed by atoms with Crippen molar-refractivity contribution in [1.82, 2.24) is 4.72 Å². The molecule has 1 aromatic rings. The first kappa shape index (κ1) is 14.6. The third-order valence-electron chi connectivity index (χ3n) is 3.84. The van der Waals surface area contributed by atoms with E-state index < -0.39 is 10.0 Å². The van der Waals surface area contributed by atoms with Gasteiger partial charge in [-0.1, -0.05) is 12.8 Å². The minimum atomic E-state index is -3.66. The average Bonchev–Trinajstić information content (AvgIpc) is 2.81. The second-order valence-electron chi connectivity index (χ2n) is 5.55. The summed E-state index contributed by atoms with van der Waals surface area (Å²) in [4.78, 5) is 0.0978. The van der Waals surface area contributed by atoms with E-state index in [1.165, 1.54) is 0 Å². The van der Waals surface area contributed by atoms with E-state index in [0.717, 1.165) is 25.7 Å². The number of nitrogens with one attached hydrogen (secondary N) is 1. The fourth-order valence-corrected chi connectivity index (χ4v) is 4.79. The lowest BCUT2D eigenvalue weighted by molar-refractivity contribution is 0.276. The van der Waals surface area contributed by atoms with Crippen molar-refractivity contribution in [3.63, 3.8) is 0 Å². The summed E-state index contributed by atoms with van der Waals surface area (Å²) in [6, 6.07) is 0. The summed E-state index contributed by atoms with van der Waals surface area (Å²) in [5.74, 6) is 0.785. The molecule has 19 heavy (non-hydrogen) atoms. The van der Waals surface area contributed by atoms with Gasteiger partial charge in [-0.15, -0.1) is 0 Å². The smallest absolute Gasteiger partial charge is 0.244 e. The molecule has 0 aliphatic heterocycles. The standard InChI is InChI=1S/C13H21NO4S/c1-9-11(8-15)12(10(2)18-9)19(16,17)14-13(3)6-4-5-7-13/h14-15H,4-8H2,1-3H3. The molecule has 0 amide bonds. The monoisotopic (exact) mass is 287 g/mol. The van der Waals surface area contributed by atoms with E-state index in [9.17, 15) is 13.5 Å². The van der Waals surface area contributed by atoms with Crippen LogP contribution in [0.25, 0.3) is 0 Å². The molecule has 1 fully saturated rings. The van der Waals surface area contributed by atoms with Crippen LogP contribution in [0.15, 0.2) is 9.31 Å². The molecule has 1 heterocycles. The summed E-state index contributed by atoms with van der Waals surface area (Å²) in [7, 11) is -3.66. The van der Waals surface area contributed by atoms with Gasteiger partial charge in [-0.3, -0.25) is 0 Å². The number of aliphatic hydroxyl groups excluding tert-OH is 1. The lowest BCUT2D eigenvalue weighted by Crippen LogP contribution is -2.43. The van der Waals surface area contributed by atoms with Crippen molar-refractivity contribution in [2.24, 2.45) is 0 Å². The summed E-state index contributed by atoms with van der Waals surface area (Å²) in [6.45, 7) is 4.86. The van der Waals surface area contributed by atoms with Crippen molar-refractivity contribution in [2.75, 3.05) is 0 Å². The zero-order valence-corrected chi connectivity index (χ0v) is 12.4. The van der Waals surface area contributed by atoms with E-state index in [-0.39, 0.29) is 17.0 Å². The van der Waals surface area contributed by atoms with E-state index in [1.54, 1.807) is 13.8 Å². The highest BCUT2D eigenvalue weighted by Crippen LogP contribution is 2.33. The van der Waals surface area contributed by atoms with Gasteiger partial charge in [-0.05, 0) is 33.6 Å². The molecule has 2 N–H and O–H groups in total. The quantitative estimate of drug-likeness (QED) is 0.887. The fourth-order valence-electron chi connectivity index (χ4n) is 2.88. The largest absolute Gasteiger partial charge is 0.465 e. The highest BCUT2D eigenvalue weighted by Gasteiger charge is 2.36. The van der Waals surface area contributed by atoms with Gasteiger partial charge in [0.25, 0.3) is 0 Å². The van der Waals surface area contributed by atoms with Gasteiger partial charge in [0.1, 0.15) is 16.4 Å². The van der Waals surface area contributed by atoms with E-state index in [4.69, 9.17) is 4.42 Å². The van der Waals surface area contributed by atoms with Crippen molar-refractivity contribution in [1.29, 1.82) is 0 Å². The molecule has 108 valence electrons. The topological polar surface area (TPSA) is 79.5 Å². The van der Waals surface area contributed by atoms with E-state index in [1.807, 2.05) is 6.92 Å². The fraction of sp³-hybridized carbons (Fsp3) is 0.692. The summed E-state index contributed by atoms with van der Waals surface area (Å²) >= 11 is 0. The molecule has 2 rings (SSSR count). The molecule has 1 aliphatic carbocycles. The number of aliphatic hydroxyl groups is 1. The summed E-state index contributed by atoms with van der Waals surface area (Å²) in [5, 5.41) is 9.35. The van der Waals surface area contributed by atoms with Crippen molar-refractivity contribution < 1.29 is 17.9 Å². The zero-order chi connectivity index (χ0) is 14.3. The number of hydrogen-bond acceptors (Lipinski definition) is 4. The predicted molar refractivity (Wildman–Crippen MR) is 71.3 cm³/mol. The molecule has 1 aliphatic rings. The molecule has 0 bridgehead atoms. The third kappa shape index (κ3) is 2.70. The molecule has 0 radical (unpaired) electrons. The minimum absolute atomic E-state index is 0.0978. The maximum atomic E-state index is 12.5. The molecular weight excluding hydrogens is 266 g/mol. The normalized spacial score (nSPS) is 18.9. The van der Waals surface area contributed by atoms with Crippen LogP contribution in [0.4, 0.5) is 0 Å². The lowest BCUT2D eigenvalue weighted by atomic mass is 10.0. The first-order chi connectivity index (χ1) is 8.79. The van der Waals surface area contributed by atoms with Crippen LogP contribution in [0.3, 0.4) is 0 Å². The van der Waals surface area contributed by atoms with Gasteiger partial charge in [-0.25, -0.2) is 13.1 Å². The Balaban J connectivity index is 2.40. The Labute approximate surface area is 114 Å². The van der Waals surface area contributed by atoms with Crippen LogP contribution in [0, 0.1) is 13.8 Å². The Hall–Kier alpha value is -0.850. The number of hydrogen-bond donors (Lipinski definition) is 2. The third-order valence-corrected chi connectivity index (χ3v) is 5.67. The summed E-state index contributed by atoms with van der Waals surface area (Å²) in [5.41, 5.74) is -0.0324. The first-order valence-corrected chi connectivity index (χ1v) is 8.01. The Morgan fingerprint density at radius 2 is 1.84 bits per heavy atom. The molecule has 1 saturated carbocycles. The molecular formula is C13H21NO4S. The highest BCUT2D eigenvalue weighted by molar-refractivity contribution is 7.89. The van der Waals surface area contributed by atoms with Crippen molar-refractivity contribution in [3.05, 3.63) is 17.1 Å². The van der Waals surface area contributed by atoms with Gasteiger partial charge in [0, 0.05) is 11.1 Å². The van der Waals surface area contributed by atoms with Crippen LogP contribution in [0.2, 0.25) is 0 Å². The maximum Gasteiger partial charge on any atom is 0.244 e. The van der Waals surface area contributed by atoms with Crippen LogP contribution in [0.1, 0.15) is 49.7 Å². The van der Waals surface area contributed by atoms with Crippen LogP contribution in [-0.2, 0) is 16.6 Å². The van der Waals surface area contributed by atoms with Gasteiger partial charge in [-0.2, -0.15) is 0 Å². The maximum absolute atomic E-state index is 12.5. The van der Waals surface area contributed by atoms with Crippen molar-refractivity contribution >= 4 is 10.0 Å². The van der Waals surface area contributed by atoms with Crippen LogP contribution < -0.4 is 4.72 Å². The van der Waals surface area contributed by atoms with Gasteiger partial charge in [0.15, 0.2) is 0 Å². The molecule has 6 heteroatoms. The molecule has 0 atom stereocenters. The number of sulfonamides is 1. The van der Waals surface area contributed by atoms with Gasteiger partial charge in [0.05, 0.1) is 6.61 Å². The predicted octanol–water partition coefficient (Wildman–Crippen LogP) is 2.00. The first-order valence-electron chi connectivity index (χ1n) is 6.53. The Kier molecular flexibility index (Phi) is 3.77. The van der Waals surface area contributed by atoms with E-state index >= 15 is 0 Å². The number of furan rings is 1. The summed E-state index contributed by atoms with van der Waals surface area (Å²) in [6.07, 6.45) is 3.76. The van der Waals surface area contributed by atoms with Gasteiger partial charge < -0.3 is 9.52 Å². The Bertz CT molecular complexity index is 568.